The van der Waals surface area contributed by atoms with Gasteiger partial charge in [0.1, 0.15) is 0 Å². The zero-order valence-electron chi connectivity index (χ0n) is 13.0. The van der Waals surface area contributed by atoms with E-state index in [1.54, 1.807) is 0 Å². The highest BCUT2D eigenvalue weighted by Crippen LogP contribution is 2.41. The Balaban J connectivity index is 1.88. The fraction of sp³-hybridized carbons (Fsp3) is 0.933. The highest BCUT2D eigenvalue weighted by Gasteiger charge is 2.38. The van der Waals surface area contributed by atoms with Crippen LogP contribution in [0.3, 0.4) is 0 Å². The molecule has 2 fully saturated rings. The van der Waals surface area contributed by atoms with Crippen molar-refractivity contribution in [2.24, 2.45) is 16.8 Å². The van der Waals surface area contributed by atoms with Crippen molar-refractivity contribution in [3.05, 3.63) is 0 Å². The second-order valence-electron chi connectivity index (χ2n) is 6.38. The van der Waals surface area contributed by atoms with Crippen molar-refractivity contribution in [3.63, 3.8) is 0 Å². The summed E-state index contributed by atoms with van der Waals surface area (Å²) in [5.41, 5.74) is 0. The maximum Gasteiger partial charge on any atom is 0.416 e. The maximum atomic E-state index is 12.3. The number of rotatable bonds is 4. The van der Waals surface area contributed by atoms with E-state index in [1.165, 1.54) is 25.7 Å². The third kappa shape index (κ3) is 4.76. The van der Waals surface area contributed by atoms with E-state index < -0.39 is 18.8 Å². The molecule has 0 saturated heterocycles. The summed E-state index contributed by atoms with van der Waals surface area (Å²) in [7, 11) is 0. The van der Waals surface area contributed by atoms with Crippen LogP contribution >= 0.6 is 0 Å². The molecule has 4 unspecified atom stereocenters. The lowest BCUT2D eigenvalue weighted by Crippen LogP contribution is -2.46. The van der Waals surface area contributed by atoms with E-state index in [-0.39, 0.29) is 6.04 Å². The number of hydrogen-bond donors (Lipinski definition) is 3. The average molecular weight is 321 g/mol. The number of hydrogen-bond acceptors (Lipinski definition) is 2. The Morgan fingerprint density at radius 1 is 1.23 bits per heavy atom. The summed E-state index contributed by atoms with van der Waals surface area (Å²) in [4.78, 5) is 3.88. The SMILES string of the molecule is CCNC(=NCC(O)C(F)(F)F)NC1CCC2CCCC2C1. The molecule has 0 amide bonds. The molecule has 128 valence electrons. The van der Waals surface area contributed by atoms with E-state index in [0.717, 1.165) is 24.7 Å². The van der Waals surface area contributed by atoms with Gasteiger partial charge in [-0.25, -0.2) is 0 Å². The van der Waals surface area contributed by atoms with E-state index in [0.29, 0.717) is 12.5 Å². The van der Waals surface area contributed by atoms with E-state index >= 15 is 0 Å². The lowest BCUT2D eigenvalue weighted by Gasteiger charge is -2.33. The number of aliphatic imine (C=N–C) groups is 1. The number of halogens is 3. The van der Waals surface area contributed by atoms with Crippen LogP contribution in [0.5, 0.6) is 0 Å². The van der Waals surface area contributed by atoms with Crippen LogP contribution in [-0.4, -0.2) is 42.5 Å². The summed E-state index contributed by atoms with van der Waals surface area (Å²) in [6.45, 7) is 1.77. The van der Waals surface area contributed by atoms with Crippen LogP contribution in [0.2, 0.25) is 0 Å². The monoisotopic (exact) mass is 321 g/mol. The highest BCUT2D eigenvalue weighted by molar-refractivity contribution is 5.80. The molecule has 2 rings (SSSR count). The van der Waals surface area contributed by atoms with Crippen molar-refractivity contribution in [1.29, 1.82) is 0 Å². The van der Waals surface area contributed by atoms with E-state index in [1.807, 2.05) is 6.92 Å². The first-order valence-electron chi connectivity index (χ1n) is 8.19. The minimum absolute atomic E-state index is 0.264. The van der Waals surface area contributed by atoms with Crippen LogP contribution in [0.25, 0.3) is 0 Å². The van der Waals surface area contributed by atoms with Gasteiger partial charge in [-0.1, -0.05) is 19.3 Å². The van der Waals surface area contributed by atoms with Gasteiger partial charge in [-0.15, -0.1) is 0 Å². The lowest BCUT2D eigenvalue weighted by molar-refractivity contribution is -0.199. The molecule has 2 aliphatic rings. The summed E-state index contributed by atoms with van der Waals surface area (Å²) in [6, 6.07) is 0.264. The molecule has 22 heavy (non-hydrogen) atoms. The molecule has 2 aliphatic carbocycles. The van der Waals surface area contributed by atoms with Gasteiger partial charge in [0.15, 0.2) is 12.1 Å². The summed E-state index contributed by atoms with van der Waals surface area (Å²) < 4.78 is 37.0. The third-order valence-electron chi connectivity index (χ3n) is 4.77. The minimum atomic E-state index is -4.62. The number of fused-ring (bicyclic) bond motifs is 1. The van der Waals surface area contributed by atoms with Gasteiger partial charge in [-0.3, -0.25) is 4.99 Å². The summed E-state index contributed by atoms with van der Waals surface area (Å²) >= 11 is 0. The molecule has 4 atom stereocenters. The van der Waals surface area contributed by atoms with Crippen molar-refractivity contribution in [1.82, 2.24) is 10.6 Å². The molecule has 0 aromatic heterocycles. The van der Waals surface area contributed by atoms with Crippen molar-refractivity contribution in [2.75, 3.05) is 13.1 Å². The molecule has 7 heteroatoms. The minimum Gasteiger partial charge on any atom is -0.382 e. The van der Waals surface area contributed by atoms with Gasteiger partial charge in [0, 0.05) is 12.6 Å². The van der Waals surface area contributed by atoms with E-state index in [2.05, 4.69) is 15.6 Å². The molecule has 2 saturated carbocycles. The second kappa shape index (κ2) is 7.53. The molecule has 0 aliphatic heterocycles. The largest absolute Gasteiger partial charge is 0.416 e. The van der Waals surface area contributed by atoms with Gasteiger partial charge in [-0.05, 0) is 38.0 Å². The van der Waals surface area contributed by atoms with Crippen LogP contribution in [0.4, 0.5) is 13.2 Å². The molecule has 0 heterocycles. The third-order valence-corrected chi connectivity index (χ3v) is 4.77. The summed E-state index contributed by atoms with van der Waals surface area (Å²) in [6.07, 6.45) is 0.147. The van der Waals surface area contributed by atoms with Gasteiger partial charge in [0.2, 0.25) is 0 Å². The molecule has 4 nitrogen and oxygen atoms in total. The fourth-order valence-corrected chi connectivity index (χ4v) is 3.63. The first-order chi connectivity index (χ1) is 10.4. The molecule has 0 bridgehead atoms. The fourth-order valence-electron chi connectivity index (χ4n) is 3.63. The van der Waals surface area contributed by atoms with Crippen molar-refractivity contribution < 1.29 is 18.3 Å². The number of guanidine groups is 1. The van der Waals surface area contributed by atoms with Gasteiger partial charge in [-0.2, -0.15) is 13.2 Å². The Hall–Kier alpha value is -0.980. The predicted octanol–water partition coefficient (Wildman–Crippen LogP) is 2.43. The smallest absolute Gasteiger partial charge is 0.382 e. The number of aliphatic hydroxyl groups excluding tert-OH is 1. The molecular formula is C15H26F3N3O. The zero-order chi connectivity index (χ0) is 16.2. The number of aliphatic hydroxyl groups is 1. The second-order valence-corrected chi connectivity index (χ2v) is 6.38. The molecule has 0 spiro atoms. The van der Waals surface area contributed by atoms with Gasteiger partial charge in [0.25, 0.3) is 0 Å². The predicted molar refractivity (Wildman–Crippen MR) is 79.6 cm³/mol. The Bertz CT molecular complexity index is 387. The van der Waals surface area contributed by atoms with Gasteiger partial charge < -0.3 is 15.7 Å². The Kier molecular flexibility index (Phi) is 5.94. The highest BCUT2D eigenvalue weighted by atomic mass is 19.4. The standard InChI is InChI=1S/C15H26F3N3O/c1-2-19-14(20-9-13(22)15(16,17)18)21-12-7-6-10-4-3-5-11(10)8-12/h10-13,22H,2-9H2,1H3,(H2,19,20,21). The average Bonchev–Trinajstić information content (AvgIpc) is 2.91. The zero-order valence-corrected chi connectivity index (χ0v) is 13.0. The molecule has 0 aromatic rings. The summed E-state index contributed by atoms with van der Waals surface area (Å²) in [5.74, 6) is 1.95. The Labute approximate surface area is 129 Å². The quantitative estimate of drug-likeness (QED) is 0.551. The lowest BCUT2D eigenvalue weighted by atomic mass is 9.79. The first-order valence-corrected chi connectivity index (χ1v) is 8.19. The number of nitrogens with one attached hydrogen (secondary N) is 2. The van der Waals surface area contributed by atoms with Crippen molar-refractivity contribution in [3.8, 4) is 0 Å². The van der Waals surface area contributed by atoms with Crippen LogP contribution in [0.15, 0.2) is 4.99 Å². The van der Waals surface area contributed by atoms with Crippen LogP contribution in [-0.2, 0) is 0 Å². The number of nitrogens with zero attached hydrogens (tertiary/aromatic N) is 1. The molecule has 0 radical (unpaired) electrons. The molecule has 0 aromatic carbocycles. The first kappa shape index (κ1) is 17.4. The van der Waals surface area contributed by atoms with Crippen molar-refractivity contribution >= 4 is 5.96 Å². The van der Waals surface area contributed by atoms with Crippen LogP contribution < -0.4 is 10.6 Å². The topological polar surface area (TPSA) is 56.7 Å². The van der Waals surface area contributed by atoms with Crippen LogP contribution in [0.1, 0.15) is 45.4 Å². The van der Waals surface area contributed by atoms with E-state index in [4.69, 9.17) is 5.11 Å². The van der Waals surface area contributed by atoms with Crippen molar-refractivity contribution in [2.45, 2.75) is 63.8 Å². The number of alkyl halides is 3. The summed E-state index contributed by atoms with van der Waals surface area (Å²) in [5, 5.41) is 15.2. The molecular weight excluding hydrogens is 295 g/mol. The Morgan fingerprint density at radius 3 is 2.64 bits per heavy atom. The Morgan fingerprint density at radius 2 is 1.95 bits per heavy atom. The van der Waals surface area contributed by atoms with E-state index in [9.17, 15) is 13.2 Å². The normalized spacial score (nSPS) is 30.8. The molecule has 3 N–H and O–H groups in total. The van der Waals surface area contributed by atoms with Gasteiger partial charge in [0.05, 0.1) is 6.54 Å². The maximum absolute atomic E-state index is 12.3. The van der Waals surface area contributed by atoms with Gasteiger partial charge >= 0.3 is 6.18 Å². The van der Waals surface area contributed by atoms with Crippen LogP contribution in [0, 0.1) is 11.8 Å².